The van der Waals surface area contributed by atoms with Crippen LogP contribution in [0, 0.1) is 5.92 Å². The molecule has 1 fully saturated rings. The van der Waals surface area contributed by atoms with Gasteiger partial charge in [-0.15, -0.1) is 0 Å². The highest BCUT2D eigenvalue weighted by Gasteiger charge is 2.20. The Morgan fingerprint density at radius 1 is 1.33 bits per heavy atom. The smallest absolute Gasteiger partial charge is 0.0592 e. The van der Waals surface area contributed by atoms with Crippen LogP contribution in [0.5, 0.6) is 0 Å². The van der Waals surface area contributed by atoms with Gasteiger partial charge in [-0.25, -0.2) is 0 Å². The van der Waals surface area contributed by atoms with Crippen LogP contribution < -0.4 is 21.7 Å². The van der Waals surface area contributed by atoms with E-state index in [1.54, 1.807) is 0 Å². The standard InChI is InChI=1S/C16H28N4O/c1-19-16-11-14(3-4-15(16)18)20-8-5-13(6-9-20)12-21-10-2-7-17/h3-4,11,13,19H,2,5-10,12,17-18H2,1H3. The second-order valence-corrected chi connectivity index (χ2v) is 5.67. The third-order valence-corrected chi connectivity index (χ3v) is 4.13. The van der Waals surface area contributed by atoms with E-state index in [0.717, 1.165) is 44.1 Å². The van der Waals surface area contributed by atoms with Gasteiger partial charge in [0.2, 0.25) is 0 Å². The van der Waals surface area contributed by atoms with Crippen LogP contribution in [0.15, 0.2) is 18.2 Å². The maximum Gasteiger partial charge on any atom is 0.0592 e. The molecule has 118 valence electrons. The molecule has 0 aromatic heterocycles. The van der Waals surface area contributed by atoms with Crippen molar-refractivity contribution in [2.24, 2.45) is 11.7 Å². The Hall–Kier alpha value is -1.46. The minimum absolute atomic E-state index is 0.677. The zero-order chi connectivity index (χ0) is 15.1. The fourth-order valence-electron chi connectivity index (χ4n) is 2.75. The van der Waals surface area contributed by atoms with Gasteiger partial charge in [-0.2, -0.15) is 0 Å². The number of hydrogen-bond donors (Lipinski definition) is 3. The van der Waals surface area contributed by atoms with Crippen LogP contribution in [0.4, 0.5) is 17.1 Å². The van der Waals surface area contributed by atoms with Crippen LogP contribution in [0.2, 0.25) is 0 Å². The van der Waals surface area contributed by atoms with Gasteiger partial charge in [-0.1, -0.05) is 0 Å². The van der Waals surface area contributed by atoms with E-state index in [1.807, 2.05) is 13.1 Å². The first kappa shape index (κ1) is 15.9. The predicted molar refractivity (Wildman–Crippen MR) is 89.8 cm³/mol. The number of nitrogens with zero attached hydrogens (tertiary/aromatic N) is 1. The molecule has 0 unspecified atom stereocenters. The van der Waals surface area contributed by atoms with Gasteiger partial charge in [0, 0.05) is 39.0 Å². The summed E-state index contributed by atoms with van der Waals surface area (Å²) in [5, 5.41) is 3.14. The molecule has 1 aliphatic heterocycles. The summed E-state index contributed by atoms with van der Waals surface area (Å²) in [6, 6.07) is 6.21. The van der Waals surface area contributed by atoms with Gasteiger partial charge in [0.1, 0.15) is 0 Å². The molecule has 1 heterocycles. The Bertz CT molecular complexity index is 430. The van der Waals surface area contributed by atoms with E-state index in [2.05, 4.69) is 22.3 Å². The normalized spacial score (nSPS) is 16.2. The molecule has 0 bridgehead atoms. The lowest BCUT2D eigenvalue weighted by atomic mass is 9.97. The van der Waals surface area contributed by atoms with Crippen LogP contribution in [0.1, 0.15) is 19.3 Å². The number of piperidine rings is 1. The van der Waals surface area contributed by atoms with Crippen molar-refractivity contribution in [1.82, 2.24) is 0 Å². The van der Waals surface area contributed by atoms with Crippen LogP contribution >= 0.6 is 0 Å². The predicted octanol–water partition coefficient (Wildman–Crippen LogP) is 1.89. The van der Waals surface area contributed by atoms with Crippen molar-refractivity contribution < 1.29 is 4.74 Å². The Labute approximate surface area is 127 Å². The molecule has 21 heavy (non-hydrogen) atoms. The summed E-state index contributed by atoms with van der Waals surface area (Å²) < 4.78 is 5.68. The van der Waals surface area contributed by atoms with Gasteiger partial charge in [-0.05, 0) is 49.9 Å². The Balaban J connectivity index is 1.81. The third-order valence-electron chi connectivity index (χ3n) is 4.13. The Kier molecular flexibility index (Phi) is 6.14. The average molecular weight is 292 g/mol. The number of anilines is 3. The monoisotopic (exact) mass is 292 g/mol. The second-order valence-electron chi connectivity index (χ2n) is 5.67. The molecule has 1 aromatic carbocycles. The lowest BCUT2D eigenvalue weighted by Crippen LogP contribution is -2.35. The molecular formula is C16H28N4O. The second kappa shape index (κ2) is 8.10. The van der Waals surface area contributed by atoms with E-state index >= 15 is 0 Å². The number of rotatable bonds is 7. The quantitative estimate of drug-likeness (QED) is 0.528. The van der Waals surface area contributed by atoms with Crippen LogP contribution in [0.25, 0.3) is 0 Å². The Morgan fingerprint density at radius 2 is 2.10 bits per heavy atom. The fraction of sp³-hybridized carbons (Fsp3) is 0.625. The molecule has 5 heteroatoms. The average Bonchev–Trinajstić information content (AvgIpc) is 2.53. The topological polar surface area (TPSA) is 76.5 Å². The lowest BCUT2D eigenvalue weighted by Gasteiger charge is -2.33. The van der Waals surface area contributed by atoms with Gasteiger partial charge in [-0.3, -0.25) is 0 Å². The zero-order valence-electron chi connectivity index (χ0n) is 13.0. The van der Waals surface area contributed by atoms with E-state index in [0.29, 0.717) is 12.5 Å². The summed E-state index contributed by atoms with van der Waals surface area (Å²) in [5.74, 6) is 0.677. The molecular weight excluding hydrogens is 264 g/mol. The maximum atomic E-state index is 5.92. The molecule has 0 saturated carbocycles. The number of ether oxygens (including phenoxy) is 1. The molecule has 1 saturated heterocycles. The van der Waals surface area contributed by atoms with Crippen molar-refractivity contribution in [3.63, 3.8) is 0 Å². The molecule has 5 nitrogen and oxygen atoms in total. The highest BCUT2D eigenvalue weighted by Crippen LogP contribution is 2.28. The molecule has 5 N–H and O–H groups in total. The Morgan fingerprint density at radius 3 is 2.76 bits per heavy atom. The minimum Gasteiger partial charge on any atom is -0.397 e. The first-order chi connectivity index (χ1) is 10.2. The number of nitrogen functional groups attached to an aromatic ring is 1. The third kappa shape index (κ3) is 4.51. The number of hydrogen-bond acceptors (Lipinski definition) is 5. The van der Waals surface area contributed by atoms with E-state index in [4.69, 9.17) is 16.2 Å². The van der Waals surface area contributed by atoms with E-state index in [9.17, 15) is 0 Å². The SMILES string of the molecule is CNc1cc(N2CCC(COCCCN)CC2)ccc1N. The number of nitrogens with two attached hydrogens (primary N) is 2. The summed E-state index contributed by atoms with van der Waals surface area (Å²) in [6.07, 6.45) is 3.32. The van der Waals surface area contributed by atoms with Crippen molar-refractivity contribution in [3.8, 4) is 0 Å². The molecule has 0 radical (unpaired) electrons. The first-order valence-electron chi connectivity index (χ1n) is 7.84. The molecule has 1 aliphatic rings. The van der Waals surface area contributed by atoms with E-state index < -0.39 is 0 Å². The van der Waals surface area contributed by atoms with Gasteiger partial charge in [0.25, 0.3) is 0 Å². The lowest BCUT2D eigenvalue weighted by molar-refractivity contribution is 0.0897. The summed E-state index contributed by atoms with van der Waals surface area (Å²) in [4.78, 5) is 2.43. The van der Waals surface area contributed by atoms with Crippen molar-refractivity contribution in [2.45, 2.75) is 19.3 Å². The molecule has 0 atom stereocenters. The van der Waals surface area contributed by atoms with Crippen LogP contribution in [0.3, 0.4) is 0 Å². The van der Waals surface area contributed by atoms with Crippen molar-refractivity contribution in [2.75, 3.05) is 55.8 Å². The summed E-state index contributed by atoms with van der Waals surface area (Å²) in [7, 11) is 1.90. The molecule has 2 rings (SSSR count). The largest absolute Gasteiger partial charge is 0.397 e. The highest BCUT2D eigenvalue weighted by atomic mass is 16.5. The minimum atomic E-state index is 0.677. The fourth-order valence-corrected chi connectivity index (χ4v) is 2.75. The van der Waals surface area contributed by atoms with Crippen molar-refractivity contribution in [3.05, 3.63) is 18.2 Å². The van der Waals surface area contributed by atoms with Crippen LogP contribution in [-0.4, -0.2) is 39.9 Å². The number of nitrogens with one attached hydrogen (secondary N) is 1. The van der Waals surface area contributed by atoms with Gasteiger partial charge in [0.15, 0.2) is 0 Å². The maximum absolute atomic E-state index is 5.92. The van der Waals surface area contributed by atoms with Crippen molar-refractivity contribution in [1.29, 1.82) is 0 Å². The molecule has 0 amide bonds. The van der Waals surface area contributed by atoms with Gasteiger partial charge >= 0.3 is 0 Å². The van der Waals surface area contributed by atoms with Gasteiger partial charge in [0.05, 0.1) is 11.4 Å². The molecule has 1 aromatic rings. The van der Waals surface area contributed by atoms with Crippen molar-refractivity contribution >= 4 is 17.1 Å². The summed E-state index contributed by atoms with van der Waals surface area (Å²) in [5.41, 5.74) is 14.4. The summed E-state index contributed by atoms with van der Waals surface area (Å²) in [6.45, 7) is 4.54. The van der Waals surface area contributed by atoms with Crippen LogP contribution in [-0.2, 0) is 4.74 Å². The summed E-state index contributed by atoms with van der Waals surface area (Å²) >= 11 is 0. The number of benzene rings is 1. The zero-order valence-corrected chi connectivity index (χ0v) is 13.0. The van der Waals surface area contributed by atoms with E-state index in [-0.39, 0.29) is 0 Å². The molecule has 0 aliphatic carbocycles. The first-order valence-corrected chi connectivity index (χ1v) is 7.84. The van der Waals surface area contributed by atoms with E-state index in [1.165, 1.54) is 18.5 Å². The molecule has 0 spiro atoms. The van der Waals surface area contributed by atoms with Gasteiger partial charge < -0.3 is 26.4 Å². The highest BCUT2D eigenvalue weighted by molar-refractivity contribution is 5.72.